The third-order valence-electron chi connectivity index (χ3n) is 3.35. The molecule has 2 rings (SSSR count). The van der Waals surface area contributed by atoms with Crippen LogP contribution in [0.5, 0.6) is 5.75 Å². The summed E-state index contributed by atoms with van der Waals surface area (Å²) in [5, 5.41) is 2.87. The molecule has 0 aromatic heterocycles. The molecule has 0 aliphatic heterocycles. The van der Waals surface area contributed by atoms with Crippen LogP contribution >= 0.6 is 0 Å². The van der Waals surface area contributed by atoms with Crippen molar-refractivity contribution >= 4 is 5.91 Å². The minimum atomic E-state index is -0.0866. The number of carbonyl (C=O) groups is 1. The minimum absolute atomic E-state index is 0.0506. The van der Waals surface area contributed by atoms with Crippen LogP contribution < -0.4 is 10.1 Å². The first-order chi connectivity index (χ1) is 10.2. The molecule has 0 aliphatic rings. The highest BCUT2D eigenvalue weighted by molar-refractivity contribution is 5.77. The van der Waals surface area contributed by atoms with Crippen molar-refractivity contribution in [1.82, 2.24) is 5.32 Å². The molecule has 21 heavy (non-hydrogen) atoms. The summed E-state index contributed by atoms with van der Waals surface area (Å²) in [6, 6.07) is 18.1. The minimum Gasteiger partial charge on any atom is -0.484 e. The summed E-state index contributed by atoms with van der Waals surface area (Å²) < 4.78 is 5.49. The zero-order valence-electron chi connectivity index (χ0n) is 12.5. The molecule has 0 spiro atoms. The maximum Gasteiger partial charge on any atom is 0.258 e. The van der Waals surface area contributed by atoms with E-state index in [1.165, 1.54) is 5.56 Å². The van der Waals surface area contributed by atoms with Gasteiger partial charge in [0.05, 0.1) is 0 Å². The van der Waals surface area contributed by atoms with Crippen molar-refractivity contribution in [2.24, 2.45) is 0 Å². The molecule has 0 aliphatic carbocycles. The lowest BCUT2D eigenvalue weighted by Gasteiger charge is -2.12. The highest BCUT2D eigenvalue weighted by Gasteiger charge is 2.06. The van der Waals surface area contributed by atoms with Crippen LogP contribution in [-0.4, -0.2) is 18.6 Å². The number of rotatable bonds is 6. The second-order valence-corrected chi connectivity index (χ2v) is 5.06. The number of ether oxygens (including phenoxy) is 1. The third-order valence-corrected chi connectivity index (χ3v) is 3.35. The molecule has 110 valence electrons. The van der Waals surface area contributed by atoms with Gasteiger partial charge in [-0.3, -0.25) is 4.79 Å². The van der Waals surface area contributed by atoms with Crippen LogP contribution in [0, 0.1) is 0 Å². The Morgan fingerprint density at radius 1 is 1.05 bits per heavy atom. The average molecular weight is 283 g/mol. The molecule has 0 heterocycles. The molecule has 1 unspecified atom stereocenters. The summed E-state index contributed by atoms with van der Waals surface area (Å²) in [5.41, 5.74) is 2.30. The highest BCUT2D eigenvalue weighted by atomic mass is 16.5. The van der Waals surface area contributed by atoms with Gasteiger partial charge in [0.2, 0.25) is 0 Å². The molecular weight excluding hydrogens is 262 g/mol. The zero-order chi connectivity index (χ0) is 15.1. The summed E-state index contributed by atoms with van der Waals surface area (Å²) in [4.78, 5) is 11.6. The Morgan fingerprint density at radius 3 is 2.29 bits per heavy atom. The van der Waals surface area contributed by atoms with Crippen molar-refractivity contribution in [2.75, 3.05) is 6.61 Å². The van der Waals surface area contributed by atoms with Gasteiger partial charge in [0.15, 0.2) is 6.61 Å². The lowest BCUT2D eigenvalue weighted by Crippen LogP contribution is -2.35. The topological polar surface area (TPSA) is 38.3 Å². The van der Waals surface area contributed by atoms with Crippen LogP contribution in [0.25, 0.3) is 11.1 Å². The van der Waals surface area contributed by atoms with Gasteiger partial charge in [0, 0.05) is 6.04 Å². The molecule has 0 bridgehead atoms. The first-order valence-electron chi connectivity index (χ1n) is 7.26. The molecule has 3 nitrogen and oxygen atoms in total. The molecule has 0 radical (unpaired) electrons. The van der Waals surface area contributed by atoms with E-state index in [1.807, 2.05) is 56.3 Å². The van der Waals surface area contributed by atoms with Gasteiger partial charge in [-0.15, -0.1) is 0 Å². The highest BCUT2D eigenvalue weighted by Crippen LogP contribution is 2.21. The van der Waals surface area contributed by atoms with Gasteiger partial charge in [-0.1, -0.05) is 49.4 Å². The van der Waals surface area contributed by atoms with E-state index >= 15 is 0 Å². The fourth-order valence-electron chi connectivity index (χ4n) is 1.94. The molecule has 1 atom stereocenters. The van der Waals surface area contributed by atoms with Gasteiger partial charge >= 0.3 is 0 Å². The number of hydrogen-bond acceptors (Lipinski definition) is 2. The van der Waals surface area contributed by atoms with Crippen molar-refractivity contribution in [3.8, 4) is 16.9 Å². The van der Waals surface area contributed by atoms with E-state index in [0.29, 0.717) is 5.75 Å². The van der Waals surface area contributed by atoms with Crippen molar-refractivity contribution in [3.63, 3.8) is 0 Å². The number of amides is 1. The van der Waals surface area contributed by atoms with Crippen molar-refractivity contribution < 1.29 is 9.53 Å². The molecule has 0 saturated carbocycles. The van der Waals surface area contributed by atoms with Crippen LogP contribution in [-0.2, 0) is 4.79 Å². The summed E-state index contributed by atoms with van der Waals surface area (Å²) in [6.45, 7) is 4.07. The maximum absolute atomic E-state index is 11.6. The quantitative estimate of drug-likeness (QED) is 0.879. The summed E-state index contributed by atoms with van der Waals surface area (Å²) >= 11 is 0. The molecule has 2 aromatic rings. The summed E-state index contributed by atoms with van der Waals surface area (Å²) in [7, 11) is 0. The van der Waals surface area contributed by atoms with Crippen LogP contribution in [0.2, 0.25) is 0 Å². The van der Waals surface area contributed by atoms with Gasteiger partial charge in [0.1, 0.15) is 5.75 Å². The van der Waals surface area contributed by atoms with Crippen molar-refractivity contribution in [1.29, 1.82) is 0 Å². The first-order valence-corrected chi connectivity index (χ1v) is 7.26. The van der Waals surface area contributed by atoms with Crippen LogP contribution in [0.1, 0.15) is 20.3 Å². The number of carbonyl (C=O) groups excluding carboxylic acids is 1. The molecular formula is C18H21NO2. The number of nitrogens with one attached hydrogen (secondary N) is 1. The van der Waals surface area contributed by atoms with E-state index < -0.39 is 0 Å². The van der Waals surface area contributed by atoms with E-state index in [4.69, 9.17) is 4.74 Å². The van der Waals surface area contributed by atoms with Gasteiger partial charge in [-0.2, -0.15) is 0 Å². The Balaban J connectivity index is 1.90. The Morgan fingerprint density at radius 2 is 1.67 bits per heavy atom. The zero-order valence-corrected chi connectivity index (χ0v) is 12.5. The van der Waals surface area contributed by atoms with E-state index in [1.54, 1.807) is 0 Å². The van der Waals surface area contributed by atoms with Crippen LogP contribution in [0.3, 0.4) is 0 Å². The molecule has 3 heteroatoms. The standard InChI is InChI=1S/C18H21NO2/c1-3-14(2)19-18(20)13-21-17-11-9-16(10-12-17)15-7-5-4-6-8-15/h4-12,14H,3,13H2,1-2H3,(H,19,20). The van der Waals surface area contributed by atoms with Crippen molar-refractivity contribution in [2.45, 2.75) is 26.3 Å². The van der Waals surface area contributed by atoms with Crippen LogP contribution in [0.4, 0.5) is 0 Å². The normalized spacial score (nSPS) is 11.7. The Kier molecular flexibility index (Phi) is 5.38. The predicted molar refractivity (Wildman–Crippen MR) is 85.3 cm³/mol. The van der Waals surface area contributed by atoms with E-state index in [2.05, 4.69) is 17.4 Å². The first kappa shape index (κ1) is 15.1. The Hall–Kier alpha value is -2.29. The summed E-state index contributed by atoms with van der Waals surface area (Å²) in [6.07, 6.45) is 0.914. The molecule has 0 fully saturated rings. The molecule has 0 saturated heterocycles. The monoisotopic (exact) mass is 283 g/mol. The molecule has 1 N–H and O–H groups in total. The second kappa shape index (κ2) is 7.48. The van der Waals surface area contributed by atoms with Crippen LogP contribution in [0.15, 0.2) is 54.6 Å². The molecule has 1 amide bonds. The average Bonchev–Trinajstić information content (AvgIpc) is 2.54. The molecule has 2 aromatic carbocycles. The largest absolute Gasteiger partial charge is 0.484 e. The maximum atomic E-state index is 11.6. The van der Waals surface area contributed by atoms with E-state index in [-0.39, 0.29) is 18.6 Å². The Bertz CT molecular complexity index is 564. The SMILES string of the molecule is CCC(C)NC(=O)COc1ccc(-c2ccccc2)cc1. The van der Waals surface area contributed by atoms with Gasteiger partial charge in [-0.05, 0) is 36.6 Å². The smallest absolute Gasteiger partial charge is 0.258 e. The van der Waals surface area contributed by atoms with Gasteiger partial charge in [-0.25, -0.2) is 0 Å². The third kappa shape index (κ3) is 4.63. The number of benzene rings is 2. The van der Waals surface area contributed by atoms with E-state index in [0.717, 1.165) is 12.0 Å². The number of hydrogen-bond donors (Lipinski definition) is 1. The van der Waals surface area contributed by atoms with Crippen molar-refractivity contribution in [3.05, 3.63) is 54.6 Å². The van der Waals surface area contributed by atoms with E-state index in [9.17, 15) is 4.79 Å². The Labute approximate surface area is 126 Å². The predicted octanol–water partition coefficient (Wildman–Crippen LogP) is 3.65. The van der Waals surface area contributed by atoms with Gasteiger partial charge < -0.3 is 10.1 Å². The summed E-state index contributed by atoms with van der Waals surface area (Å²) in [5.74, 6) is 0.616. The van der Waals surface area contributed by atoms with Gasteiger partial charge in [0.25, 0.3) is 5.91 Å². The second-order valence-electron chi connectivity index (χ2n) is 5.06. The lowest BCUT2D eigenvalue weighted by molar-refractivity contribution is -0.123. The fourth-order valence-corrected chi connectivity index (χ4v) is 1.94. The fraction of sp³-hybridized carbons (Fsp3) is 0.278. The lowest BCUT2D eigenvalue weighted by atomic mass is 10.1.